The Morgan fingerprint density at radius 2 is 1.75 bits per heavy atom. The number of hydrogen-bond donors (Lipinski definition) is 5. The second-order valence-corrected chi connectivity index (χ2v) is 8.52. The maximum Gasteiger partial charge on any atom is 0.416 e. The highest BCUT2D eigenvalue weighted by Gasteiger charge is 2.33. The molecule has 11 heteroatoms. The van der Waals surface area contributed by atoms with Crippen molar-refractivity contribution in [3.8, 4) is 0 Å². The van der Waals surface area contributed by atoms with E-state index in [1.54, 1.807) is 25.5 Å². The number of fused-ring (bicyclic) bond motifs is 1. The van der Waals surface area contributed by atoms with E-state index < -0.39 is 47.5 Å². The summed E-state index contributed by atoms with van der Waals surface area (Å²) in [6.07, 6.45) is -2.44. The molecule has 0 saturated carbocycles. The molecular weight excluding hydrogens is 477 g/mol. The first-order valence-corrected chi connectivity index (χ1v) is 11.3. The standard InChI is InChI=1S/C25H27F3N4O4/c1-3-14(2)21(31-22(33)15-7-6-8-17(11-15)25(26,27)28)24(35)30-20(23(34)32-36)12-16-13-29-19-10-5-4-9-18(16)19/h4-11,13-14,20-21,29,36H,3,12H2,1-2H3,(H,30,35)(H,31,33)(H,32,34)/t14-,20-,21-/m0/s1. The molecule has 3 rings (SSSR count). The van der Waals surface area contributed by atoms with Crippen molar-refractivity contribution in [2.24, 2.45) is 5.92 Å². The summed E-state index contributed by atoms with van der Waals surface area (Å²) in [5, 5.41) is 15.1. The van der Waals surface area contributed by atoms with E-state index in [0.717, 1.165) is 23.0 Å². The zero-order chi connectivity index (χ0) is 26.5. The van der Waals surface area contributed by atoms with Crippen LogP contribution in [0, 0.1) is 5.92 Å². The Bertz CT molecular complexity index is 1240. The molecule has 1 aromatic heterocycles. The van der Waals surface area contributed by atoms with E-state index in [9.17, 15) is 32.8 Å². The van der Waals surface area contributed by atoms with E-state index in [-0.39, 0.29) is 12.0 Å². The molecule has 3 atom stereocenters. The number of alkyl halides is 3. The molecule has 192 valence electrons. The highest BCUT2D eigenvalue weighted by Crippen LogP contribution is 2.29. The predicted molar refractivity (Wildman–Crippen MR) is 126 cm³/mol. The fourth-order valence-corrected chi connectivity index (χ4v) is 3.83. The topological polar surface area (TPSA) is 123 Å². The van der Waals surface area contributed by atoms with Crippen LogP contribution in [-0.4, -0.2) is 40.0 Å². The summed E-state index contributed by atoms with van der Waals surface area (Å²) in [6, 6.07) is 8.91. The van der Waals surface area contributed by atoms with Crippen molar-refractivity contribution in [1.82, 2.24) is 21.1 Å². The zero-order valence-corrected chi connectivity index (χ0v) is 19.6. The third-order valence-corrected chi connectivity index (χ3v) is 6.08. The molecular formula is C25H27F3N4O4. The second kappa shape index (κ2) is 11.3. The molecule has 0 bridgehead atoms. The Balaban J connectivity index is 1.81. The van der Waals surface area contributed by atoms with Gasteiger partial charge in [-0.15, -0.1) is 0 Å². The quantitative estimate of drug-likeness (QED) is 0.226. The van der Waals surface area contributed by atoms with Crippen molar-refractivity contribution in [2.45, 2.75) is 44.9 Å². The molecule has 0 aliphatic rings. The van der Waals surface area contributed by atoms with Crippen LogP contribution in [0.1, 0.15) is 41.8 Å². The summed E-state index contributed by atoms with van der Waals surface area (Å²) in [4.78, 5) is 41.4. The number of nitrogens with one attached hydrogen (secondary N) is 4. The summed E-state index contributed by atoms with van der Waals surface area (Å²) in [6.45, 7) is 3.47. The van der Waals surface area contributed by atoms with Gasteiger partial charge in [0, 0.05) is 29.1 Å². The number of hydroxylamine groups is 1. The number of amides is 3. The molecule has 0 saturated heterocycles. The minimum absolute atomic E-state index is 0.0386. The fourth-order valence-electron chi connectivity index (χ4n) is 3.83. The Morgan fingerprint density at radius 3 is 2.42 bits per heavy atom. The second-order valence-electron chi connectivity index (χ2n) is 8.52. The first-order chi connectivity index (χ1) is 17.0. The van der Waals surface area contributed by atoms with Gasteiger partial charge in [-0.1, -0.05) is 44.5 Å². The summed E-state index contributed by atoms with van der Waals surface area (Å²) in [7, 11) is 0. The van der Waals surface area contributed by atoms with Crippen molar-refractivity contribution in [1.29, 1.82) is 0 Å². The summed E-state index contributed by atoms with van der Waals surface area (Å²) in [5.41, 5.74) is 1.84. The van der Waals surface area contributed by atoms with Crippen LogP contribution in [0.15, 0.2) is 54.7 Å². The van der Waals surface area contributed by atoms with Crippen LogP contribution in [0.5, 0.6) is 0 Å². The van der Waals surface area contributed by atoms with E-state index in [1.165, 1.54) is 6.07 Å². The lowest BCUT2D eigenvalue weighted by molar-refractivity contribution is -0.137. The lowest BCUT2D eigenvalue weighted by Gasteiger charge is -2.26. The van der Waals surface area contributed by atoms with Crippen LogP contribution < -0.4 is 16.1 Å². The van der Waals surface area contributed by atoms with Gasteiger partial charge in [-0.05, 0) is 35.7 Å². The van der Waals surface area contributed by atoms with Crippen molar-refractivity contribution < 1.29 is 32.8 Å². The van der Waals surface area contributed by atoms with Gasteiger partial charge in [0.1, 0.15) is 12.1 Å². The summed E-state index contributed by atoms with van der Waals surface area (Å²) in [5.74, 6) is -2.84. The van der Waals surface area contributed by atoms with E-state index in [1.807, 2.05) is 24.3 Å². The number of H-pyrrole nitrogens is 1. The van der Waals surface area contributed by atoms with E-state index in [0.29, 0.717) is 18.1 Å². The molecule has 2 aromatic carbocycles. The van der Waals surface area contributed by atoms with Crippen LogP contribution in [0.3, 0.4) is 0 Å². The molecule has 3 amide bonds. The van der Waals surface area contributed by atoms with Gasteiger partial charge in [0.05, 0.1) is 5.56 Å². The van der Waals surface area contributed by atoms with E-state index in [2.05, 4.69) is 15.6 Å². The lowest BCUT2D eigenvalue weighted by Crippen LogP contribution is -2.56. The van der Waals surface area contributed by atoms with Gasteiger partial charge < -0.3 is 15.6 Å². The molecule has 0 fully saturated rings. The third kappa shape index (κ3) is 6.22. The van der Waals surface area contributed by atoms with Crippen LogP contribution >= 0.6 is 0 Å². The molecule has 36 heavy (non-hydrogen) atoms. The number of para-hydroxylation sites is 1. The number of hydrogen-bond acceptors (Lipinski definition) is 4. The molecule has 8 nitrogen and oxygen atoms in total. The Kier molecular flexibility index (Phi) is 8.36. The minimum atomic E-state index is -4.63. The van der Waals surface area contributed by atoms with Crippen LogP contribution in [-0.2, 0) is 22.2 Å². The van der Waals surface area contributed by atoms with E-state index in [4.69, 9.17) is 0 Å². The first-order valence-electron chi connectivity index (χ1n) is 11.3. The van der Waals surface area contributed by atoms with Crippen molar-refractivity contribution in [2.75, 3.05) is 0 Å². The SMILES string of the molecule is CC[C@H](C)[C@H](NC(=O)c1cccc(C(F)(F)F)c1)C(=O)N[C@@H](Cc1c[nH]c2ccccc12)C(=O)NO. The van der Waals surface area contributed by atoms with Crippen molar-refractivity contribution in [3.63, 3.8) is 0 Å². The highest BCUT2D eigenvalue weighted by molar-refractivity contribution is 5.98. The summed E-state index contributed by atoms with van der Waals surface area (Å²) < 4.78 is 39.2. The average molecular weight is 505 g/mol. The van der Waals surface area contributed by atoms with Gasteiger partial charge in [-0.3, -0.25) is 19.6 Å². The number of rotatable bonds is 9. The van der Waals surface area contributed by atoms with Gasteiger partial charge in [-0.2, -0.15) is 13.2 Å². The number of carbonyl (C=O) groups is 3. The van der Waals surface area contributed by atoms with Gasteiger partial charge in [0.25, 0.3) is 11.8 Å². The number of carbonyl (C=O) groups excluding carboxylic acids is 3. The monoisotopic (exact) mass is 504 g/mol. The van der Waals surface area contributed by atoms with Gasteiger partial charge >= 0.3 is 6.18 Å². The lowest BCUT2D eigenvalue weighted by atomic mass is 9.96. The number of aromatic amines is 1. The number of halogens is 3. The van der Waals surface area contributed by atoms with Gasteiger partial charge in [0.15, 0.2) is 0 Å². The average Bonchev–Trinajstić information content (AvgIpc) is 3.28. The number of benzene rings is 2. The Labute approximate surface area is 205 Å². The smallest absolute Gasteiger partial charge is 0.361 e. The van der Waals surface area contributed by atoms with Crippen LogP contribution in [0.25, 0.3) is 10.9 Å². The van der Waals surface area contributed by atoms with E-state index >= 15 is 0 Å². The maximum absolute atomic E-state index is 13.2. The van der Waals surface area contributed by atoms with Crippen molar-refractivity contribution in [3.05, 3.63) is 71.4 Å². The largest absolute Gasteiger partial charge is 0.416 e. The first kappa shape index (κ1) is 26.7. The van der Waals surface area contributed by atoms with Crippen molar-refractivity contribution >= 4 is 28.6 Å². The maximum atomic E-state index is 13.2. The Hall–Kier alpha value is -3.86. The molecule has 0 unspecified atom stereocenters. The molecule has 3 aromatic rings. The third-order valence-electron chi connectivity index (χ3n) is 6.08. The number of aromatic nitrogens is 1. The van der Waals surface area contributed by atoms with Gasteiger partial charge in [0.2, 0.25) is 5.91 Å². The normalized spacial score (nSPS) is 14.1. The summed E-state index contributed by atoms with van der Waals surface area (Å²) >= 11 is 0. The molecule has 0 radical (unpaired) electrons. The zero-order valence-electron chi connectivity index (χ0n) is 19.6. The minimum Gasteiger partial charge on any atom is -0.361 e. The fraction of sp³-hybridized carbons (Fsp3) is 0.320. The van der Waals surface area contributed by atoms with Crippen LogP contribution in [0.4, 0.5) is 13.2 Å². The highest BCUT2D eigenvalue weighted by atomic mass is 19.4. The molecule has 0 spiro atoms. The molecule has 0 aliphatic carbocycles. The van der Waals surface area contributed by atoms with Gasteiger partial charge in [-0.25, -0.2) is 5.48 Å². The van der Waals surface area contributed by atoms with Crippen LogP contribution in [0.2, 0.25) is 0 Å². The molecule has 1 heterocycles. The predicted octanol–water partition coefficient (Wildman–Crippen LogP) is 3.56. The molecule has 5 N–H and O–H groups in total. The molecule has 0 aliphatic heterocycles. The Morgan fingerprint density at radius 1 is 1.03 bits per heavy atom.